The first kappa shape index (κ1) is 12.9. The van der Waals surface area contributed by atoms with Gasteiger partial charge in [-0.1, -0.05) is 12.1 Å². The molecule has 0 bridgehead atoms. The van der Waals surface area contributed by atoms with Gasteiger partial charge >= 0.3 is 0 Å². The number of halogens is 2. The van der Waals surface area contributed by atoms with Crippen LogP contribution in [-0.4, -0.2) is 10.8 Å². The van der Waals surface area contributed by atoms with Gasteiger partial charge in [0.15, 0.2) is 10.8 Å². The fourth-order valence-corrected chi connectivity index (χ4v) is 2.87. The molecule has 0 unspecified atom stereocenters. The molecule has 0 saturated heterocycles. The quantitative estimate of drug-likeness (QED) is 0.682. The van der Waals surface area contributed by atoms with E-state index in [1.165, 1.54) is 11.3 Å². The van der Waals surface area contributed by atoms with Crippen LogP contribution in [0.3, 0.4) is 0 Å². The Hall–Kier alpha value is -2.14. The molecule has 3 rings (SSSR count). The lowest BCUT2D eigenvalue weighted by Gasteiger charge is -1.99. The second kappa shape index (κ2) is 5.09. The van der Waals surface area contributed by atoms with Crippen molar-refractivity contribution in [1.29, 1.82) is 0 Å². The van der Waals surface area contributed by atoms with Crippen LogP contribution in [0.1, 0.15) is 15.4 Å². The normalized spacial score (nSPS) is 10.9. The smallest absolute Gasteiger partial charge is 0.195 e. The molecule has 0 aliphatic heterocycles. The van der Waals surface area contributed by atoms with E-state index in [-0.39, 0.29) is 12.2 Å². The van der Waals surface area contributed by atoms with E-state index in [9.17, 15) is 13.6 Å². The summed E-state index contributed by atoms with van der Waals surface area (Å²) in [6.45, 7) is 0. The highest BCUT2D eigenvalue weighted by Gasteiger charge is 2.13. The maximum Gasteiger partial charge on any atom is 0.195 e. The number of fused-ring (bicyclic) bond motifs is 1. The van der Waals surface area contributed by atoms with Crippen molar-refractivity contribution in [3.05, 3.63) is 64.7 Å². The summed E-state index contributed by atoms with van der Waals surface area (Å²) in [7, 11) is 0. The molecule has 2 aromatic carbocycles. The highest BCUT2D eigenvalue weighted by Crippen LogP contribution is 2.23. The number of rotatable bonds is 3. The van der Waals surface area contributed by atoms with Crippen LogP contribution in [0.15, 0.2) is 42.5 Å². The molecule has 0 atom stereocenters. The molecule has 2 nitrogen and oxygen atoms in total. The third kappa shape index (κ3) is 2.58. The molecule has 3 aromatic rings. The van der Waals surface area contributed by atoms with Crippen molar-refractivity contribution >= 4 is 27.3 Å². The van der Waals surface area contributed by atoms with Crippen LogP contribution in [0, 0.1) is 11.6 Å². The van der Waals surface area contributed by atoms with E-state index in [1.807, 2.05) is 24.3 Å². The van der Waals surface area contributed by atoms with Crippen LogP contribution in [0.4, 0.5) is 8.78 Å². The Bertz CT molecular complexity index is 744. The highest BCUT2D eigenvalue weighted by molar-refractivity contribution is 7.20. The number of hydrogen-bond donors (Lipinski definition) is 0. The molecule has 0 radical (unpaired) electrons. The standard InChI is InChI=1S/C15H9F2NOS/c16-10-5-9(6-11(17)8-10)7-13(19)15-18-12-3-1-2-4-14(12)20-15/h1-6,8H,7H2. The second-order valence-electron chi connectivity index (χ2n) is 4.36. The lowest BCUT2D eigenvalue weighted by molar-refractivity contribution is 0.0992. The zero-order chi connectivity index (χ0) is 14.1. The Morgan fingerprint density at radius 3 is 2.50 bits per heavy atom. The highest BCUT2D eigenvalue weighted by atomic mass is 32.1. The third-order valence-electron chi connectivity index (χ3n) is 2.82. The topological polar surface area (TPSA) is 30.0 Å². The molecule has 100 valence electrons. The third-order valence-corrected chi connectivity index (χ3v) is 3.90. The minimum absolute atomic E-state index is 0.0610. The molecule has 0 amide bonds. The molecule has 0 aliphatic carbocycles. The van der Waals surface area contributed by atoms with Crippen LogP contribution < -0.4 is 0 Å². The van der Waals surface area contributed by atoms with Gasteiger partial charge in [0.25, 0.3) is 0 Å². The van der Waals surface area contributed by atoms with Gasteiger partial charge < -0.3 is 0 Å². The van der Waals surface area contributed by atoms with Gasteiger partial charge in [-0.2, -0.15) is 0 Å². The SMILES string of the molecule is O=C(Cc1cc(F)cc(F)c1)c1nc2ccccc2s1. The van der Waals surface area contributed by atoms with Gasteiger partial charge in [0, 0.05) is 12.5 Å². The van der Waals surface area contributed by atoms with Crippen molar-refractivity contribution in [3.63, 3.8) is 0 Å². The number of aromatic nitrogens is 1. The van der Waals surface area contributed by atoms with Crippen molar-refractivity contribution in [1.82, 2.24) is 4.98 Å². The molecular formula is C15H9F2NOS. The van der Waals surface area contributed by atoms with Crippen molar-refractivity contribution in [2.45, 2.75) is 6.42 Å². The maximum atomic E-state index is 13.1. The second-order valence-corrected chi connectivity index (χ2v) is 5.40. The fraction of sp³-hybridized carbons (Fsp3) is 0.0667. The van der Waals surface area contributed by atoms with E-state index in [4.69, 9.17) is 0 Å². The van der Waals surface area contributed by atoms with Gasteiger partial charge in [0.1, 0.15) is 11.6 Å². The number of ketones is 1. The van der Waals surface area contributed by atoms with Crippen molar-refractivity contribution in [2.24, 2.45) is 0 Å². The van der Waals surface area contributed by atoms with E-state index in [0.717, 1.165) is 28.4 Å². The summed E-state index contributed by atoms with van der Waals surface area (Å²) in [6.07, 6.45) is -0.0610. The lowest BCUT2D eigenvalue weighted by atomic mass is 10.1. The van der Waals surface area contributed by atoms with Gasteiger partial charge in [-0.25, -0.2) is 13.8 Å². The molecular weight excluding hydrogens is 280 g/mol. The average Bonchev–Trinajstić information content (AvgIpc) is 2.81. The molecule has 0 N–H and O–H groups in total. The molecule has 0 spiro atoms. The van der Waals surface area contributed by atoms with E-state index < -0.39 is 11.6 Å². The maximum absolute atomic E-state index is 13.1. The summed E-state index contributed by atoms with van der Waals surface area (Å²) in [5, 5.41) is 0.357. The number of carbonyl (C=O) groups is 1. The van der Waals surface area contributed by atoms with Gasteiger partial charge in [-0.05, 0) is 29.8 Å². The molecule has 5 heteroatoms. The Morgan fingerprint density at radius 2 is 1.80 bits per heavy atom. The van der Waals surface area contributed by atoms with Crippen LogP contribution >= 0.6 is 11.3 Å². The average molecular weight is 289 g/mol. The number of Topliss-reactive ketones (excluding diaryl/α,β-unsaturated/α-hetero) is 1. The van der Waals surface area contributed by atoms with Crippen molar-refractivity contribution in [3.8, 4) is 0 Å². The zero-order valence-corrected chi connectivity index (χ0v) is 11.1. The van der Waals surface area contributed by atoms with Crippen molar-refractivity contribution < 1.29 is 13.6 Å². The first-order chi connectivity index (χ1) is 9.61. The first-order valence-electron chi connectivity index (χ1n) is 5.95. The summed E-state index contributed by atoms with van der Waals surface area (Å²) in [5.74, 6) is -1.61. The van der Waals surface area contributed by atoms with Crippen molar-refractivity contribution in [2.75, 3.05) is 0 Å². The monoisotopic (exact) mass is 289 g/mol. The predicted molar refractivity (Wildman–Crippen MR) is 74.0 cm³/mol. The summed E-state index contributed by atoms with van der Waals surface area (Å²) < 4.78 is 27.1. The number of para-hydroxylation sites is 1. The molecule has 20 heavy (non-hydrogen) atoms. The Kier molecular flexibility index (Phi) is 3.28. The Balaban J connectivity index is 1.88. The molecule has 1 heterocycles. The Labute approximate surface area is 117 Å². The molecule has 1 aromatic heterocycles. The van der Waals surface area contributed by atoms with Gasteiger partial charge in [0.2, 0.25) is 0 Å². The summed E-state index contributed by atoms with van der Waals surface area (Å²) in [4.78, 5) is 16.3. The van der Waals surface area contributed by atoms with Crippen LogP contribution in [0.25, 0.3) is 10.2 Å². The van der Waals surface area contributed by atoms with Gasteiger partial charge in [-0.3, -0.25) is 4.79 Å². The number of benzene rings is 2. The zero-order valence-electron chi connectivity index (χ0n) is 10.3. The minimum Gasteiger partial charge on any atom is -0.291 e. The summed E-state index contributed by atoms with van der Waals surface area (Å²) in [5.41, 5.74) is 1.07. The number of hydrogen-bond acceptors (Lipinski definition) is 3. The van der Waals surface area contributed by atoms with E-state index in [0.29, 0.717) is 10.6 Å². The summed E-state index contributed by atoms with van der Waals surface area (Å²) in [6, 6.07) is 10.5. The summed E-state index contributed by atoms with van der Waals surface area (Å²) >= 11 is 1.28. The Morgan fingerprint density at radius 1 is 1.10 bits per heavy atom. The fourth-order valence-electron chi connectivity index (χ4n) is 1.97. The van der Waals surface area contributed by atoms with Crippen LogP contribution in [0.2, 0.25) is 0 Å². The molecule has 0 saturated carbocycles. The van der Waals surface area contributed by atoms with Crippen LogP contribution in [0.5, 0.6) is 0 Å². The lowest BCUT2D eigenvalue weighted by Crippen LogP contribution is -2.03. The first-order valence-corrected chi connectivity index (χ1v) is 6.77. The van der Waals surface area contributed by atoms with Gasteiger partial charge in [-0.15, -0.1) is 11.3 Å². The van der Waals surface area contributed by atoms with E-state index in [2.05, 4.69) is 4.98 Å². The largest absolute Gasteiger partial charge is 0.291 e. The van der Waals surface area contributed by atoms with E-state index >= 15 is 0 Å². The predicted octanol–water partition coefficient (Wildman–Crippen LogP) is 4.00. The van der Waals surface area contributed by atoms with Crippen LogP contribution in [-0.2, 0) is 6.42 Å². The number of thiazole rings is 1. The number of carbonyl (C=O) groups excluding carboxylic acids is 1. The number of nitrogens with zero attached hydrogens (tertiary/aromatic N) is 1. The minimum atomic E-state index is -0.683. The molecule has 0 aliphatic rings. The van der Waals surface area contributed by atoms with E-state index in [1.54, 1.807) is 0 Å². The van der Waals surface area contributed by atoms with Gasteiger partial charge in [0.05, 0.1) is 10.2 Å². The molecule has 0 fully saturated rings.